The van der Waals surface area contributed by atoms with Crippen LogP contribution in [0, 0.1) is 0 Å². The van der Waals surface area contributed by atoms with Gasteiger partial charge < -0.3 is 14.8 Å². The van der Waals surface area contributed by atoms with Crippen LogP contribution in [0.25, 0.3) is 0 Å². The summed E-state index contributed by atoms with van der Waals surface area (Å²) in [4.78, 5) is 13.1. The fourth-order valence-corrected chi connectivity index (χ4v) is 7.71. The number of rotatable bonds is 5. The first kappa shape index (κ1) is 19.5. The number of hydrogen-bond donors (Lipinski definition) is 1. The number of ether oxygens (including phenoxy) is 2. The van der Waals surface area contributed by atoms with Crippen molar-refractivity contribution in [1.29, 1.82) is 0 Å². The summed E-state index contributed by atoms with van der Waals surface area (Å²) in [5, 5.41) is 21.1. The number of fused-ring (bicyclic) bond motifs is 1. The molecule has 0 aromatic carbocycles. The molecule has 1 atom stereocenters. The van der Waals surface area contributed by atoms with E-state index < -0.39 is 0 Å². The van der Waals surface area contributed by atoms with Crippen molar-refractivity contribution in [2.75, 3.05) is 6.61 Å². The van der Waals surface area contributed by atoms with E-state index >= 15 is 0 Å². The SMILES string of the molecule is O=C(NCc1cn(CC2COc3cscc3O2)nn1)C1=CSC(=C2SC=CS2)S1. The zero-order chi connectivity index (χ0) is 19.6. The van der Waals surface area contributed by atoms with E-state index in [2.05, 4.69) is 26.4 Å². The minimum Gasteiger partial charge on any atom is -0.485 e. The topological polar surface area (TPSA) is 78.3 Å². The third kappa shape index (κ3) is 4.50. The first-order chi connectivity index (χ1) is 14.2. The molecule has 0 saturated carbocycles. The summed E-state index contributed by atoms with van der Waals surface area (Å²) < 4.78 is 15.7. The number of thioether (sulfide) groups is 4. The summed E-state index contributed by atoms with van der Waals surface area (Å²) in [5.41, 5.74) is 0.701. The van der Waals surface area contributed by atoms with Crippen molar-refractivity contribution in [3.05, 3.63) is 52.3 Å². The lowest BCUT2D eigenvalue weighted by molar-refractivity contribution is -0.116. The Labute approximate surface area is 187 Å². The molecule has 7 nitrogen and oxygen atoms in total. The zero-order valence-corrected chi connectivity index (χ0v) is 18.9. The Bertz CT molecular complexity index is 1020. The van der Waals surface area contributed by atoms with E-state index in [9.17, 15) is 4.79 Å². The maximum absolute atomic E-state index is 12.4. The Hall–Kier alpha value is -1.47. The Morgan fingerprint density at radius 1 is 1.21 bits per heavy atom. The van der Waals surface area contributed by atoms with Crippen LogP contribution in [0.5, 0.6) is 11.5 Å². The molecule has 3 aliphatic rings. The van der Waals surface area contributed by atoms with Gasteiger partial charge >= 0.3 is 0 Å². The highest BCUT2D eigenvalue weighted by atomic mass is 32.2. The second-order valence-electron chi connectivity index (χ2n) is 6.05. The molecule has 0 saturated heterocycles. The van der Waals surface area contributed by atoms with Gasteiger partial charge in [-0.15, -0.1) is 16.4 Å². The molecule has 0 radical (unpaired) electrons. The molecular formula is C17H14N4O3S5. The van der Waals surface area contributed by atoms with Gasteiger partial charge in [-0.2, -0.15) is 0 Å². The highest BCUT2D eigenvalue weighted by molar-refractivity contribution is 8.33. The summed E-state index contributed by atoms with van der Waals surface area (Å²) in [6.45, 7) is 1.34. The largest absolute Gasteiger partial charge is 0.485 e. The van der Waals surface area contributed by atoms with Gasteiger partial charge in [0, 0.05) is 10.8 Å². The van der Waals surface area contributed by atoms with Gasteiger partial charge in [0.25, 0.3) is 5.91 Å². The molecule has 29 heavy (non-hydrogen) atoms. The van der Waals surface area contributed by atoms with Crippen molar-refractivity contribution in [2.45, 2.75) is 19.2 Å². The van der Waals surface area contributed by atoms with Crippen molar-refractivity contribution >= 4 is 64.3 Å². The minimum atomic E-state index is -0.120. The van der Waals surface area contributed by atoms with Crippen molar-refractivity contribution in [2.24, 2.45) is 0 Å². The number of amides is 1. The lowest BCUT2D eigenvalue weighted by atomic mass is 10.3. The van der Waals surface area contributed by atoms with E-state index in [1.54, 1.807) is 51.3 Å². The van der Waals surface area contributed by atoms with Gasteiger partial charge in [0.05, 0.1) is 32.7 Å². The predicted molar refractivity (Wildman–Crippen MR) is 121 cm³/mol. The van der Waals surface area contributed by atoms with Crippen LogP contribution in [0.1, 0.15) is 5.69 Å². The maximum atomic E-state index is 12.4. The molecule has 0 fully saturated rings. The lowest BCUT2D eigenvalue weighted by Gasteiger charge is -2.24. The van der Waals surface area contributed by atoms with E-state index in [0.717, 1.165) is 15.7 Å². The van der Waals surface area contributed by atoms with Crippen LogP contribution in [0.2, 0.25) is 0 Å². The number of nitrogens with zero attached hydrogens (tertiary/aromatic N) is 3. The fourth-order valence-electron chi connectivity index (χ4n) is 2.67. The van der Waals surface area contributed by atoms with Crippen LogP contribution in [0.4, 0.5) is 0 Å². The molecule has 1 amide bonds. The van der Waals surface area contributed by atoms with Gasteiger partial charge in [0.15, 0.2) is 17.6 Å². The second kappa shape index (κ2) is 8.72. The van der Waals surface area contributed by atoms with Crippen molar-refractivity contribution in [3.8, 4) is 11.5 Å². The van der Waals surface area contributed by atoms with Crippen LogP contribution in [-0.2, 0) is 17.9 Å². The van der Waals surface area contributed by atoms with E-state index in [0.29, 0.717) is 30.3 Å². The highest BCUT2D eigenvalue weighted by Gasteiger charge is 2.24. The van der Waals surface area contributed by atoms with Gasteiger partial charge in [-0.05, 0) is 16.2 Å². The van der Waals surface area contributed by atoms with Gasteiger partial charge in [-0.25, -0.2) is 4.68 Å². The normalized spacial score (nSPS) is 20.3. The molecule has 1 unspecified atom stereocenters. The van der Waals surface area contributed by atoms with Gasteiger partial charge in [-0.3, -0.25) is 4.79 Å². The molecule has 1 N–H and O–H groups in total. The molecule has 0 aliphatic carbocycles. The van der Waals surface area contributed by atoms with Gasteiger partial charge in [0.1, 0.15) is 12.3 Å². The lowest BCUT2D eigenvalue weighted by Crippen LogP contribution is -2.33. The van der Waals surface area contributed by atoms with E-state index in [4.69, 9.17) is 9.47 Å². The molecule has 2 aromatic heterocycles. The van der Waals surface area contributed by atoms with Crippen molar-refractivity contribution < 1.29 is 14.3 Å². The Balaban J connectivity index is 1.11. The molecule has 3 aliphatic heterocycles. The van der Waals surface area contributed by atoms with Crippen LogP contribution in [0.3, 0.4) is 0 Å². The third-order valence-electron chi connectivity index (χ3n) is 3.99. The van der Waals surface area contributed by atoms with Gasteiger partial charge in [0.2, 0.25) is 0 Å². The molecule has 0 bridgehead atoms. The Kier molecular flexibility index (Phi) is 5.86. The molecule has 5 rings (SSSR count). The average Bonchev–Trinajstić information content (AvgIpc) is 3.53. The van der Waals surface area contributed by atoms with Crippen LogP contribution in [-0.4, -0.2) is 33.6 Å². The molecule has 0 spiro atoms. The van der Waals surface area contributed by atoms with Crippen molar-refractivity contribution in [1.82, 2.24) is 20.3 Å². The number of nitrogens with one attached hydrogen (secondary N) is 1. The van der Waals surface area contributed by atoms with Crippen LogP contribution in [0.15, 0.2) is 46.6 Å². The first-order valence-electron chi connectivity index (χ1n) is 8.55. The van der Waals surface area contributed by atoms with Crippen LogP contribution >= 0.6 is 58.4 Å². The van der Waals surface area contributed by atoms with E-state index in [-0.39, 0.29) is 12.0 Å². The number of thiophene rings is 1. The molecule has 150 valence electrons. The smallest absolute Gasteiger partial charge is 0.258 e. The second-order valence-corrected chi connectivity index (χ2v) is 11.1. The third-order valence-corrected chi connectivity index (χ3v) is 9.71. The first-order valence-corrected chi connectivity index (χ1v) is 12.9. The molecular weight excluding hydrogens is 469 g/mol. The number of carbonyl (C=O) groups excluding carboxylic acids is 1. The maximum Gasteiger partial charge on any atom is 0.258 e. The summed E-state index contributed by atoms with van der Waals surface area (Å²) in [7, 11) is 0. The standard InChI is InChI=1S/C17H14N4O3S5/c22-15(14-9-28-17(29-14)16-26-1-2-27-16)18-3-10-4-21(20-19-10)5-11-6-23-12-7-25-8-13(12)24-11/h1-2,4,7-9,11H,3,5-6H2,(H,18,22). The summed E-state index contributed by atoms with van der Waals surface area (Å²) in [6, 6.07) is 0. The molecule has 12 heteroatoms. The quantitative estimate of drug-likeness (QED) is 0.675. The van der Waals surface area contributed by atoms with Gasteiger partial charge in [-0.1, -0.05) is 52.3 Å². The summed E-state index contributed by atoms with van der Waals surface area (Å²) in [5.74, 6) is 1.48. The van der Waals surface area contributed by atoms with Crippen LogP contribution < -0.4 is 14.8 Å². The predicted octanol–water partition coefficient (Wildman–Crippen LogP) is 4.20. The molecule has 2 aromatic rings. The monoisotopic (exact) mass is 482 g/mol. The van der Waals surface area contributed by atoms with Crippen molar-refractivity contribution in [3.63, 3.8) is 0 Å². The van der Waals surface area contributed by atoms with E-state index in [1.807, 2.05) is 22.4 Å². The van der Waals surface area contributed by atoms with E-state index in [1.165, 1.54) is 16.0 Å². The average molecular weight is 483 g/mol. The molecule has 5 heterocycles. The highest BCUT2D eigenvalue weighted by Crippen LogP contribution is 2.53. The number of aromatic nitrogens is 3. The summed E-state index contributed by atoms with van der Waals surface area (Å²) in [6.07, 6.45) is 1.70. The Morgan fingerprint density at radius 3 is 2.97 bits per heavy atom. The number of hydrogen-bond acceptors (Lipinski definition) is 10. The minimum absolute atomic E-state index is 0.0948. The Morgan fingerprint density at radius 2 is 2.07 bits per heavy atom. The summed E-state index contributed by atoms with van der Waals surface area (Å²) >= 11 is 8.05. The number of carbonyl (C=O) groups is 1. The fraction of sp³-hybridized carbons (Fsp3) is 0.235. The zero-order valence-electron chi connectivity index (χ0n) is 14.8.